The minimum atomic E-state index is -2.10. The maximum absolute atomic E-state index is 15.9. The number of halogens is 1. The van der Waals surface area contributed by atoms with Gasteiger partial charge in [0, 0.05) is 24.7 Å². The van der Waals surface area contributed by atoms with Gasteiger partial charge in [0.2, 0.25) is 0 Å². The average Bonchev–Trinajstić information content (AvgIpc) is 3.22. The molecule has 0 radical (unpaired) electrons. The van der Waals surface area contributed by atoms with Crippen LogP contribution >= 0.6 is 0 Å². The van der Waals surface area contributed by atoms with Crippen LogP contribution in [0.4, 0.5) is 4.39 Å². The number of hydrogen-bond acceptors (Lipinski definition) is 4. The van der Waals surface area contributed by atoms with Gasteiger partial charge < -0.3 is 13.6 Å². The lowest BCUT2D eigenvalue weighted by Gasteiger charge is -2.40. The van der Waals surface area contributed by atoms with Crippen molar-refractivity contribution in [2.24, 2.45) is 5.92 Å². The van der Waals surface area contributed by atoms with Crippen LogP contribution in [-0.2, 0) is 18.4 Å². The summed E-state index contributed by atoms with van der Waals surface area (Å²) in [5, 5.41) is 0.196. The number of esters is 1. The molecular weight excluding hydrogens is 584 g/mol. The van der Waals surface area contributed by atoms with Crippen LogP contribution in [0.2, 0.25) is 36.3 Å². The van der Waals surface area contributed by atoms with Crippen LogP contribution in [-0.4, -0.2) is 42.0 Å². The average molecular weight is 649 g/mol. The number of benzene rings is 1. The fourth-order valence-corrected chi connectivity index (χ4v) is 8.32. The van der Waals surface area contributed by atoms with Crippen molar-refractivity contribution in [3.05, 3.63) is 47.5 Å². The lowest BCUT2D eigenvalue weighted by atomic mass is 9.84. The lowest BCUT2D eigenvalue weighted by molar-refractivity contribution is -0.140. The monoisotopic (exact) mass is 648 g/mol. The quantitative estimate of drug-likeness (QED) is 0.0774. The fourth-order valence-electron chi connectivity index (χ4n) is 5.65. The molecule has 1 aromatic carbocycles. The van der Waals surface area contributed by atoms with Gasteiger partial charge in [0.15, 0.2) is 16.6 Å². The number of methoxy groups -OCH3 is 1. The molecule has 0 N–H and O–H groups in total. The van der Waals surface area contributed by atoms with E-state index in [1.807, 2.05) is 0 Å². The first kappa shape index (κ1) is 38.9. The molecule has 1 unspecified atom stereocenters. The molecule has 0 bridgehead atoms. The third kappa shape index (κ3) is 10.9. The predicted molar refractivity (Wildman–Crippen MR) is 189 cm³/mol. The molecule has 0 spiro atoms. The van der Waals surface area contributed by atoms with E-state index in [0.717, 1.165) is 25.7 Å². The molecule has 7 heteroatoms. The molecular formula is C37H65FO4Si2. The summed E-state index contributed by atoms with van der Waals surface area (Å²) in [6.07, 6.45) is 10.8. The zero-order chi connectivity index (χ0) is 33.3. The molecule has 0 aromatic heterocycles. The largest absolute Gasteiger partial charge is 0.469 e. The van der Waals surface area contributed by atoms with Gasteiger partial charge in [0.1, 0.15) is 6.17 Å². The van der Waals surface area contributed by atoms with Gasteiger partial charge in [-0.3, -0.25) is 4.79 Å². The number of carbonyl (C=O) groups is 1. The SMILES string of the molecule is CCCCCC(O[Si](C)(C)C(C)(C)C)c1ccc([C@@H]2[C@@H](C/C=C\CCCC(=O)OC)[C@H](F)C[C@H]2O[Si](C)(C)C(C)(C)C)cc1. The number of carbonyl (C=O) groups excluding carboxylic acids is 1. The smallest absolute Gasteiger partial charge is 0.305 e. The van der Waals surface area contributed by atoms with Crippen molar-refractivity contribution >= 4 is 22.6 Å². The Bertz CT molecular complexity index is 1040. The summed E-state index contributed by atoms with van der Waals surface area (Å²) in [4.78, 5) is 11.4. The van der Waals surface area contributed by atoms with Gasteiger partial charge in [-0.1, -0.05) is 104 Å². The highest BCUT2D eigenvalue weighted by Gasteiger charge is 2.49. The Labute approximate surface area is 272 Å². The van der Waals surface area contributed by atoms with Gasteiger partial charge >= 0.3 is 5.97 Å². The number of hydrogen-bond donors (Lipinski definition) is 0. The Balaban J connectivity index is 2.37. The molecule has 1 aliphatic rings. The molecule has 0 aliphatic heterocycles. The molecule has 252 valence electrons. The number of rotatable bonds is 16. The lowest BCUT2D eigenvalue weighted by Crippen LogP contribution is -2.44. The highest BCUT2D eigenvalue weighted by molar-refractivity contribution is 6.74. The van der Waals surface area contributed by atoms with E-state index in [0.29, 0.717) is 19.3 Å². The van der Waals surface area contributed by atoms with E-state index in [1.54, 1.807) is 0 Å². The van der Waals surface area contributed by atoms with E-state index in [4.69, 9.17) is 13.6 Å². The summed E-state index contributed by atoms with van der Waals surface area (Å²) in [5.41, 5.74) is 2.40. The molecule has 2 rings (SSSR count). The van der Waals surface area contributed by atoms with Crippen LogP contribution in [0.1, 0.15) is 129 Å². The first-order valence-corrected chi connectivity index (χ1v) is 23.0. The van der Waals surface area contributed by atoms with E-state index in [9.17, 15) is 4.79 Å². The van der Waals surface area contributed by atoms with Crippen molar-refractivity contribution in [3.8, 4) is 0 Å². The van der Waals surface area contributed by atoms with E-state index in [1.165, 1.54) is 31.1 Å². The summed E-state index contributed by atoms with van der Waals surface area (Å²) in [6, 6.07) is 8.95. The molecule has 0 amide bonds. The van der Waals surface area contributed by atoms with Crippen LogP contribution in [0.15, 0.2) is 36.4 Å². The molecule has 0 saturated heterocycles. The highest BCUT2D eigenvalue weighted by atomic mass is 28.4. The third-order valence-corrected chi connectivity index (χ3v) is 19.6. The van der Waals surface area contributed by atoms with Crippen molar-refractivity contribution in [1.82, 2.24) is 0 Å². The number of ether oxygens (including phenoxy) is 1. The Morgan fingerprint density at radius 1 is 0.955 bits per heavy atom. The van der Waals surface area contributed by atoms with E-state index in [-0.39, 0.29) is 40.1 Å². The van der Waals surface area contributed by atoms with Crippen molar-refractivity contribution in [1.29, 1.82) is 0 Å². The van der Waals surface area contributed by atoms with Crippen LogP contribution in [0, 0.1) is 5.92 Å². The van der Waals surface area contributed by atoms with Crippen molar-refractivity contribution in [2.45, 2.75) is 167 Å². The Hall–Kier alpha value is -1.29. The number of unbranched alkanes of at least 4 members (excludes halogenated alkanes) is 3. The zero-order valence-electron chi connectivity index (χ0n) is 30.2. The standard InChI is InChI=1S/C37H65FO4Si2/c1-13-14-17-21-32(41-43(9,10)36(2,3)4)28-23-25-29(26-24-28)35-30(20-18-15-16-19-22-34(39)40-8)31(38)27-33(35)42-44(11,12)37(5,6)7/h15,18,23-26,30-33,35H,13-14,16-17,19-22,27H2,1-12H3/b18-15-/t30-,31+,32?,33+,35+/m0/s1. The number of alkyl halides is 1. The molecule has 1 aliphatic carbocycles. The Morgan fingerprint density at radius 2 is 1.57 bits per heavy atom. The summed E-state index contributed by atoms with van der Waals surface area (Å²) in [5.74, 6) is -0.335. The highest BCUT2D eigenvalue weighted by Crippen LogP contribution is 2.49. The van der Waals surface area contributed by atoms with Crippen molar-refractivity contribution < 1.29 is 22.8 Å². The van der Waals surface area contributed by atoms with Gasteiger partial charge in [-0.2, -0.15) is 0 Å². The van der Waals surface area contributed by atoms with Crippen LogP contribution < -0.4 is 0 Å². The first-order chi connectivity index (χ1) is 20.3. The Morgan fingerprint density at radius 3 is 2.11 bits per heavy atom. The summed E-state index contributed by atoms with van der Waals surface area (Å²) in [7, 11) is -2.64. The van der Waals surface area contributed by atoms with Crippen LogP contribution in [0.3, 0.4) is 0 Å². The second kappa shape index (κ2) is 16.5. The predicted octanol–water partition coefficient (Wildman–Crippen LogP) is 11.5. The maximum Gasteiger partial charge on any atom is 0.305 e. The molecule has 1 aromatic rings. The molecule has 4 nitrogen and oxygen atoms in total. The van der Waals surface area contributed by atoms with E-state index < -0.39 is 22.8 Å². The van der Waals surface area contributed by atoms with Crippen molar-refractivity contribution in [3.63, 3.8) is 0 Å². The van der Waals surface area contributed by atoms with Crippen molar-refractivity contribution in [2.75, 3.05) is 7.11 Å². The fraction of sp³-hybridized carbons (Fsp3) is 0.757. The zero-order valence-corrected chi connectivity index (χ0v) is 32.2. The molecule has 1 saturated carbocycles. The number of allylic oxidation sites excluding steroid dienone is 2. The van der Waals surface area contributed by atoms with Gasteiger partial charge in [-0.25, -0.2) is 4.39 Å². The summed E-state index contributed by atoms with van der Waals surface area (Å²) >= 11 is 0. The topological polar surface area (TPSA) is 44.8 Å². The Kier molecular flexibility index (Phi) is 14.6. The van der Waals surface area contributed by atoms with Crippen LogP contribution in [0.5, 0.6) is 0 Å². The molecule has 1 fully saturated rings. The third-order valence-electron chi connectivity index (χ3n) is 10.6. The van der Waals surface area contributed by atoms with Gasteiger partial charge in [0.25, 0.3) is 0 Å². The van der Waals surface area contributed by atoms with Crippen LogP contribution in [0.25, 0.3) is 0 Å². The molecule has 44 heavy (non-hydrogen) atoms. The summed E-state index contributed by atoms with van der Waals surface area (Å²) in [6.45, 7) is 25.1. The van der Waals surface area contributed by atoms with Gasteiger partial charge in [-0.15, -0.1) is 0 Å². The first-order valence-electron chi connectivity index (χ1n) is 17.2. The molecule has 5 atom stereocenters. The van der Waals surface area contributed by atoms with Gasteiger partial charge in [-0.05, 0) is 73.1 Å². The molecule has 0 heterocycles. The minimum absolute atomic E-state index is 0.00672. The minimum Gasteiger partial charge on any atom is -0.469 e. The second-order valence-electron chi connectivity index (χ2n) is 16.1. The van der Waals surface area contributed by atoms with E-state index in [2.05, 4.69) is 111 Å². The maximum atomic E-state index is 15.9. The van der Waals surface area contributed by atoms with E-state index >= 15 is 4.39 Å². The second-order valence-corrected chi connectivity index (χ2v) is 25.6. The summed E-state index contributed by atoms with van der Waals surface area (Å²) < 4.78 is 34.6. The normalized spacial score (nSPS) is 22.5. The van der Waals surface area contributed by atoms with Gasteiger partial charge in [0.05, 0.1) is 19.3 Å².